The highest BCUT2D eigenvalue weighted by Gasteiger charge is 2.42. The summed E-state index contributed by atoms with van der Waals surface area (Å²) in [7, 11) is 1.66. The summed E-state index contributed by atoms with van der Waals surface area (Å²) in [6.45, 7) is 2.42. The van der Waals surface area contributed by atoms with E-state index in [1.54, 1.807) is 18.4 Å². The lowest BCUT2D eigenvalue weighted by Crippen LogP contribution is -2.49. The predicted molar refractivity (Wildman–Crippen MR) is 97.0 cm³/mol. The molecule has 1 aromatic rings. The van der Waals surface area contributed by atoms with Crippen LogP contribution < -0.4 is 0 Å². The molecule has 4 aliphatic rings. The van der Waals surface area contributed by atoms with E-state index in [0.717, 1.165) is 30.6 Å². The highest BCUT2D eigenvalue weighted by atomic mass is 32.1. The Labute approximate surface area is 152 Å². The van der Waals surface area contributed by atoms with E-state index in [1.165, 1.54) is 23.3 Å². The molecule has 5 nitrogen and oxygen atoms in total. The van der Waals surface area contributed by atoms with Crippen LogP contribution in [0.1, 0.15) is 45.8 Å². The zero-order chi connectivity index (χ0) is 17.4. The average molecular weight is 362 g/mol. The fraction of sp³-hybridized carbons (Fsp3) is 0.684. The maximum Gasteiger partial charge on any atom is 0.264 e. The third-order valence-corrected chi connectivity index (χ3v) is 7.05. The monoisotopic (exact) mass is 362 g/mol. The normalized spacial score (nSPS) is 25.9. The number of piperidine rings is 1. The topological polar surface area (TPSA) is 49.9 Å². The van der Waals surface area contributed by atoms with Gasteiger partial charge in [0, 0.05) is 37.7 Å². The fourth-order valence-electron chi connectivity index (χ4n) is 4.44. The highest BCUT2D eigenvalue weighted by molar-refractivity contribution is 7.14. The third kappa shape index (κ3) is 3.22. The molecule has 2 amide bonds. The molecule has 1 aliphatic carbocycles. The largest absolute Gasteiger partial charge is 0.383 e. The first kappa shape index (κ1) is 17.0. The smallest absolute Gasteiger partial charge is 0.264 e. The number of carbonyl (C=O) groups excluding carboxylic acids is 2. The molecule has 0 saturated carbocycles. The van der Waals surface area contributed by atoms with Crippen molar-refractivity contribution in [2.75, 3.05) is 33.4 Å². The van der Waals surface area contributed by atoms with Crippen LogP contribution in [0, 0.1) is 5.92 Å². The van der Waals surface area contributed by atoms with Gasteiger partial charge in [0.2, 0.25) is 5.91 Å². The van der Waals surface area contributed by atoms with Crippen LogP contribution in [-0.2, 0) is 22.4 Å². The Morgan fingerprint density at radius 3 is 2.92 bits per heavy atom. The first-order chi connectivity index (χ1) is 12.2. The van der Waals surface area contributed by atoms with Gasteiger partial charge in [-0.2, -0.15) is 0 Å². The fourth-order valence-corrected chi connectivity index (χ4v) is 5.66. The standard InChI is InChI=1S/C19H26N2O3S/c1-24-9-8-21-15-7-6-14(18(21)22)11-20(12-15)19(23)17-10-13-4-2-3-5-16(13)25-17/h10,14-15H,2-9,11-12H2,1H3/t14-,15+/m0/s1. The van der Waals surface area contributed by atoms with E-state index in [4.69, 9.17) is 4.74 Å². The molecule has 25 heavy (non-hydrogen) atoms. The van der Waals surface area contributed by atoms with Gasteiger partial charge in [0.05, 0.1) is 17.4 Å². The van der Waals surface area contributed by atoms with E-state index >= 15 is 0 Å². The molecule has 6 heteroatoms. The molecule has 2 atom stereocenters. The van der Waals surface area contributed by atoms with Gasteiger partial charge in [0.15, 0.2) is 0 Å². The number of ether oxygens (including phenoxy) is 1. The van der Waals surface area contributed by atoms with Crippen LogP contribution in [0.4, 0.5) is 0 Å². The van der Waals surface area contributed by atoms with Crippen molar-refractivity contribution in [2.45, 2.75) is 44.6 Å². The molecule has 0 N–H and O–H groups in total. The second-order valence-corrected chi connectivity index (χ2v) is 8.57. The van der Waals surface area contributed by atoms with Gasteiger partial charge >= 0.3 is 0 Å². The van der Waals surface area contributed by atoms with E-state index in [0.29, 0.717) is 26.2 Å². The van der Waals surface area contributed by atoms with Gasteiger partial charge in [-0.1, -0.05) is 0 Å². The Kier molecular flexibility index (Phi) is 4.82. The summed E-state index contributed by atoms with van der Waals surface area (Å²) in [4.78, 5) is 32.0. The van der Waals surface area contributed by atoms with Gasteiger partial charge in [-0.3, -0.25) is 9.59 Å². The number of fused-ring (bicyclic) bond motifs is 5. The van der Waals surface area contributed by atoms with Gasteiger partial charge in [-0.15, -0.1) is 11.3 Å². The second kappa shape index (κ2) is 7.08. The zero-order valence-corrected chi connectivity index (χ0v) is 15.6. The highest BCUT2D eigenvalue weighted by Crippen LogP contribution is 2.33. The lowest BCUT2D eigenvalue weighted by atomic mass is 9.94. The molecule has 1 aromatic heterocycles. The molecule has 0 unspecified atom stereocenters. The van der Waals surface area contributed by atoms with Crippen molar-refractivity contribution >= 4 is 23.2 Å². The number of carbonyl (C=O) groups is 2. The van der Waals surface area contributed by atoms with Crippen molar-refractivity contribution in [3.8, 4) is 0 Å². The van der Waals surface area contributed by atoms with E-state index in [1.807, 2.05) is 9.80 Å². The number of rotatable bonds is 4. The SMILES string of the molecule is COCCN1C(=O)[C@H]2CC[C@@H]1CN(C(=O)c1cc3c(s1)CCCC3)C2. The zero-order valence-electron chi connectivity index (χ0n) is 14.8. The van der Waals surface area contributed by atoms with E-state index < -0.39 is 0 Å². The van der Waals surface area contributed by atoms with Crippen molar-refractivity contribution < 1.29 is 14.3 Å². The second-order valence-electron chi connectivity index (χ2n) is 7.43. The number of hydrogen-bond acceptors (Lipinski definition) is 4. The van der Waals surface area contributed by atoms with Crippen LogP contribution in [0.15, 0.2) is 6.07 Å². The molecule has 0 radical (unpaired) electrons. The van der Waals surface area contributed by atoms with Gasteiger partial charge < -0.3 is 14.5 Å². The summed E-state index contributed by atoms with van der Waals surface area (Å²) in [5.41, 5.74) is 1.37. The van der Waals surface area contributed by atoms with Crippen LogP contribution >= 0.6 is 11.3 Å². The molecule has 4 heterocycles. The maximum absolute atomic E-state index is 13.1. The molecule has 3 fully saturated rings. The number of hydrogen-bond donors (Lipinski definition) is 0. The predicted octanol–water partition coefficient (Wildman–Crippen LogP) is 2.34. The molecular formula is C19H26N2O3S. The first-order valence-electron chi connectivity index (χ1n) is 9.37. The summed E-state index contributed by atoms with van der Waals surface area (Å²) >= 11 is 1.67. The van der Waals surface area contributed by atoms with Crippen molar-refractivity contribution in [1.29, 1.82) is 0 Å². The van der Waals surface area contributed by atoms with Crippen molar-refractivity contribution in [3.05, 3.63) is 21.4 Å². The number of thiophene rings is 1. The minimum absolute atomic E-state index is 0.0471. The Bertz CT molecular complexity index is 648. The number of nitrogens with zero attached hydrogens (tertiary/aromatic N) is 2. The lowest BCUT2D eigenvalue weighted by Gasteiger charge is -2.35. The minimum atomic E-state index is -0.0471. The van der Waals surface area contributed by atoms with Gasteiger partial charge in [0.1, 0.15) is 0 Å². The molecule has 0 spiro atoms. The molecule has 2 bridgehead atoms. The minimum Gasteiger partial charge on any atom is -0.383 e. The molecular weight excluding hydrogens is 336 g/mol. The van der Waals surface area contributed by atoms with E-state index in [-0.39, 0.29) is 23.8 Å². The Balaban J connectivity index is 1.52. The summed E-state index contributed by atoms with van der Waals surface area (Å²) in [6, 6.07) is 2.25. The van der Waals surface area contributed by atoms with Crippen LogP contribution in [0.2, 0.25) is 0 Å². The maximum atomic E-state index is 13.1. The van der Waals surface area contributed by atoms with Gasteiger partial charge in [-0.05, 0) is 50.2 Å². The summed E-state index contributed by atoms with van der Waals surface area (Å²) in [6.07, 6.45) is 6.57. The lowest BCUT2D eigenvalue weighted by molar-refractivity contribution is -0.140. The molecule has 136 valence electrons. The van der Waals surface area contributed by atoms with Crippen molar-refractivity contribution in [3.63, 3.8) is 0 Å². The Hall–Kier alpha value is -1.40. The number of methoxy groups -OCH3 is 1. The Morgan fingerprint density at radius 2 is 2.12 bits per heavy atom. The van der Waals surface area contributed by atoms with E-state index in [9.17, 15) is 9.59 Å². The Morgan fingerprint density at radius 1 is 1.28 bits per heavy atom. The molecule has 0 aromatic carbocycles. The number of aryl methyl sites for hydroxylation is 2. The van der Waals surface area contributed by atoms with Crippen LogP contribution in [-0.4, -0.2) is 61.0 Å². The summed E-state index contributed by atoms with van der Waals surface area (Å²) < 4.78 is 5.16. The van der Waals surface area contributed by atoms with Crippen LogP contribution in [0.5, 0.6) is 0 Å². The average Bonchev–Trinajstić information content (AvgIpc) is 2.87. The molecule has 3 aliphatic heterocycles. The van der Waals surface area contributed by atoms with Crippen molar-refractivity contribution in [2.24, 2.45) is 5.92 Å². The summed E-state index contributed by atoms with van der Waals surface area (Å²) in [5, 5.41) is 0. The molecule has 3 saturated heterocycles. The first-order valence-corrected chi connectivity index (χ1v) is 10.2. The third-order valence-electron chi connectivity index (χ3n) is 5.82. The van der Waals surface area contributed by atoms with Crippen LogP contribution in [0.25, 0.3) is 0 Å². The van der Waals surface area contributed by atoms with Crippen LogP contribution in [0.3, 0.4) is 0 Å². The van der Waals surface area contributed by atoms with Crippen molar-refractivity contribution in [1.82, 2.24) is 9.80 Å². The quantitative estimate of drug-likeness (QED) is 0.826. The van der Waals surface area contributed by atoms with Gasteiger partial charge in [-0.25, -0.2) is 0 Å². The molecule has 5 rings (SSSR count). The van der Waals surface area contributed by atoms with Gasteiger partial charge in [0.25, 0.3) is 5.91 Å². The summed E-state index contributed by atoms with van der Waals surface area (Å²) in [5.74, 6) is 0.279. The number of amides is 2. The van der Waals surface area contributed by atoms with E-state index in [2.05, 4.69) is 6.07 Å².